The van der Waals surface area contributed by atoms with E-state index in [1.54, 1.807) is 19.2 Å². The zero-order valence-electron chi connectivity index (χ0n) is 5.72. The van der Waals surface area contributed by atoms with Crippen molar-refractivity contribution >= 4 is 5.88 Å². The zero-order valence-corrected chi connectivity index (χ0v) is 5.72. The van der Waals surface area contributed by atoms with E-state index in [4.69, 9.17) is 9.68 Å². The van der Waals surface area contributed by atoms with Crippen molar-refractivity contribution in [2.75, 3.05) is 12.4 Å². The fraction of sp³-hybridized carbons (Fsp3) is 0.286. The molecule has 0 unspecified atom stereocenters. The van der Waals surface area contributed by atoms with Gasteiger partial charge in [-0.05, 0) is 6.07 Å². The Kier molecular flexibility index (Phi) is 1.96. The highest BCUT2D eigenvalue weighted by atomic mass is 16.4. The maximum Gasteiger partial charge on any atom is 0.192 e. The molecule has 0 amide bonds. The summed E-state index contributed by atoms with van der Waals surface area (Å²) in [5.41, 5.74) is 0. The van der Waals surface area contributed by atoms with E-state index in [1.165, 1.54) is 0 Å². The molecule has 0 saturated heterocycles. The highest BCUT2D eigenvalue weighted by Crippen LogP contribution is 2.11. The van der Waals surface area contributed by atoms with Crippen LogP contribution in [-0.4, -0.2) is 7.05 Å². The molecule has 0 radical (unpaired) electrons. The molecule has 1 rings (SSSR count). The molecule has 0 saturated carbocycles. The fourth-order valence-electron chi connectivity index (χ4n) is 0.685. The van der Waals surface area contributed by atoms with E-state index >= 15 is 0 Å². The Labute approximate surface area is 59.3 Å². The Hall–Kier alpha value is -1.43. The van der Waals surface area contributed by atoms with Gasteiger partial charge in [-0.25, -0.2) is 0 Å². The molecule has 0 aromatic carbocycles. The largest absolute Gasteiger partial charge is 0.445 e. The minimum atomic E-state index is 0.335. The topological polar surface area (TPSA) is 49.0 Å². The van der Waals surface area contributed by atoms with Crippen LogP contribution in [0.4, 0.5) is 5.88 Å². The molecule has 10 heavy (non-hydrogen) atoms. The van der Waals surface area contributed by atoms with Crippen molar-refractivity contribution in [3.63, 3.8) is 0 Å². The lowest BCUT2D eigenvalue weighted by Crippen LogP contribution is -1.82. The van der Waals surface area contributed by atoms with Gasteiger partial charge in [-0.15, -0.1) is 0 Å². The van der Waals surface area contributed by atoms with Gasteiger partial charge in [0.05, 0.1) is 12.5 Å². The Balaban J connectivity index is 2.70. The first kappa shape index (κ1) is 6.69. The number of nitriles is 1. The molecule has 0 spiro atoms. The quantitative estimate of drug-likeness (QED) is 0.668. The summed E-state index contributed by atoms with van der Waals surface area (Å²) in [4.78, 5) is 0. The Bertz CT molecular complexity index is 246. The van der Waals surface area contributed by atoms with E-state index in [0.717, 1.165) is 0 Å². The first-order chi connectivity index (χ1) is 4.86. The second-order valence-electron chi connectivity index (χ2n) is 1.85. The number of nitrogens with zero attached hydrogens (tertiary/aromatic N) is 1. The SMILES string of the molecule is CNc1ccc(CC#N)o1. The minimum absolute atomic E-state index is 0.335. The molecule has 0 bridgehead atoms. The second-order valence-corrected chi connectivity index (χ2v) is 1.85. The van der Waals surface area contributed by atoms with Crippen molar-refractivity contribution in [2.45, 2.75) is 6.42 Å². The van der Waals surface area contributed by atoms with Gasteiger partial charge in [0.1, 0.15) is 5.76 Å². The molecule has 0 atom stereocenters. The van der Waals surface area contributed by atoms with Gasteiger partial charge < -0.3 is 9.73 Å². The van der Waals surface area contributed by atoms with E-state index in [0.29, 0.717) is 18.1 Å². The Morgan fingerprint density at radius 2 is 2.50 bits per heavy atom. The molecule has 1 heterocycles. The maximum absolute atomic E-state index is 8.27. The number of anilines is 1. The molecule has 0 fully saturated rings. The lowest BCUT2D eigenvalue weighted by Gasteiger charge is -1.89. The predicted molar refractivity (Wildman–Crippen MR) is 37.6 cm³/mol. The zero-order chi connectivity index (χ0) is 7.40. The number of hydrogen-bond donors (Lipinski definition) is 1. The lowest BCUT2D eigenvalue weighted by atomic mass is 10.4. The first-order valence-electron chi connectivity index (χ1n) is 3.00. The van der Waals surface area contributed by atoms with Crippen molar-refractivity contribution in [3.05, 3.63) is 17.9 Å². The lowest BCUT2D eigenvalue weighted by molar-refractivity contribution is 0.539. The van der Waals surface area contributed by atoms with Gasteiger partial charge >= 0.3 is 0 Å². The molecule has 1 N–H and O–H groups in total. The van der Waals surface area contributed by atoms with Crippen LogP contribution in [0.25, 0.3) is 0 Å². The van der Waals surface area contributed by atoms with Crippen LogP contribution in [0.15, 0.2) is 16.5 Å². The third-order valence-corrected chi connectivity index (χ3v) is 1.16. The van der Waals surface area contributed by atoms with Crippen molar-refractivity contribution < 1.29 is 4.42 Å². The van der Waals surface area contributed by atoms with Crippen LogP contribution in [0.2, 0.25) is 0 Å². The Morgan fingerprint density at radius 3 is 3.00 bits per heavy atom. The number of hydrogen-bond acceptors (Lipinski definition) is 3. The van der Waals surface area contributed by atoms with Crippen LogP contribution in [0.5, 0.6) is 0 Å². The molecule has 0 aliphatic rings. The smallest absolute Gasteiger partial charge is 0.192 e. The van der Waals surface area contributed by atoms with E-state index in [9.17, 15) is 0 Å². The average molecular weight is 136 g/mol. The van der Waals surface area contributed by atoms with Crippen molar-refractivity contribution in [1.29, 1.82) is 5.26 Å². The summed E-state index contributed by atoms with van der Waals surface area (Å²) in [5, 5.41) is 11.1. The third-order valence-electron chi connectivity index (χ3n) is 1.16. The number of furan rings is 1. The van der Waals surface area contributed by atoms with Gasteiger partial charge in [-0.3, -0.25) is 0 Å². The van der Waals surface area contributed by atoms with Gasteiger partial charge in [-0.1, -0.05) is 0 Å². The summed E-state index contributed by atoms with van der Waals surface area (Å²) in [5.74, 6) is 1.40. The normalized spacial score (nSPS) is 8.80. The molecule has 1 aromatic heterocycles. The van der Waals surface area contributed by atoms with E-state index in [1.807, 2.05) is 6.07 Å². The monoisotopic (exact) mass is 136 g/mol. The van der Waals surface area contributed by atoms with Crippen LogP contribution in [0, 0.1) is 11.3 Å². The molecule has 52 valence electrons. The average Bonchev–Trinajstić information content (AvgIpc) is 2.37. The summed E-state index contributed by atoms with van der Waals surface area (Å²) < 4.78 is 5.14. The Morgan fingerprint density at radius 1 is 1.70 bits per heavy atom. The highest BCUT2D eigenvalue weighted by molar-refractivity contribution is 5.31. The summed E-state index contributed by atoms with van der Waals surface area (Å²) in [7, 11) is 1.77. The van der Waals surface area contributed by atoms with Crippen LogP contribution < -0.4 is 5.32 Å². The van der Waals surface area contributed by atoms with Gasteiger partial charge in [0.15, 0.2) is 5.88 Å². The third kappa shape index (κ3) is 1.29. The number of rotatable bonds is 2. The molecule has 0 aliphatic carbocycles. The van der Waals surface area contributed by atoms with Crippen molar-refractivity contribution in [1.82, 2.24) is 0 Å². The molecule has 0 aliphatic heterocycles. The van der Waals surface area contributed by atoms with Crippen molar-refractivity contribution in [3.8, 4) is 6.07 Å². The number of nitrogens with one attached hydrogen (secondary N) is 1. The fourth-order valence-corrected chi connectivity index (χ4v) is 0.685. The van der Waals surface area contributed by atoms with Crippen LogP contribution in [0.3, 0.4) is 0 Å². The summed E-state index contributed by atoms with van der Waals surface area (Å²) in [6, 6.07) is 5.58. The summed E-state index contributed by atoms with van der Waals surface area (Å²) in [6.45, 7) is 0. The second kappa shape index (κ2) is 2.92. The standard InChI is InChI=1S/C7H8N2O/c1-9-7-3-2-6(10-7)4-5-8/h2-3,9H,4H2,1H3. The van der Waals surface area contributed by atoms with E-state index in [2.05, 4.69) is 5.32 Å². The van der Waals surface area contributed by atoms with Gasteiger partial charge in [0, 0.05) is 13.1 Å². The molecule has 3 nitrogen and oxygen atoms in total. The molecular weight excluding hydrogens is 128 g/mol. The minimum Gasteiger partial charge on any atom is -0.445 e. The van der Waals surface area contributed by atoms with Crippen LogP contribution in [-0.2, 0) is 6.42 Å². The molecule has 3 heteroatoms. The maximum atomic E-state index is 8.27. The van der Waals surface area contributed by atoms with Gasteiger partial charge in [0.25, 0.3) is 0 Å². The van der Waals surface area contributed by atoms with Gasteiger partial charge in [-0.2, -0.15) is 5.26 Å². The first-order valence-corrected chi connectivity index (χ1v) is 3.00. The highest BCUT2D eigenvalue weighted by Gasteiger charge is 1.97. The van der Waals surface area contributed by atoms with E-state index < -0.39 is 0 Å². The van der Waals surface area contributed by atoms with E-state index in [-0.39, 0.29) is 0 Å². The summed E-state index contributed by atoms with van der Waals surface area (Å²) >= 11 is 0. The van der Waals surface area contributed by atoms with Gasteiger partial charge in [0.2, 0.25) is 0 Å². The molecule has 1 aromatic rings. The molecular formula is C7H8N2O. The van der Waals surface area contributed by atoms with Crippen molar-refractivity contribution in [2.24, 2.45) is 0 Å². The summed E-state index contributed by atoms with van der Waals surface area (Å²) in [6.07, 6.45) is 0.335. The predicted octanol–water partition coefficient (Wildman–Crippen LogP) is 1.39. The van der Waals surface area contributed by atoms with Crippen LogP contribution in [0.1, 0.15) is 5.76 Å². The van der Waals surface area contributed by atoms with Crippen LogP contribution >= 0.6 is 0 Å².